The van der Waals surface area contributed by atoms with Crippen LogP contribution in [-0.2, 0) is 19.2 Å². The number of carbonyl (C=O) groups excluding carboxylic acids is 4. The number of aliphatic hydroxyl groups excluding tert-OH is 4. The van der Waals surface area contributed by atoms with Crippen molar-refractivity contribution in [2.45, 2.75) is 24.4 Å². The number of ketones is 4. The minimum atomic E-state index is -3.09. The molecule has 0 aliphatic rings. The molecule has 0 aromatic rings. The Labute approximate surface area is 162 Å². The summed E-state index contributed by atoms with van der Waals surface area (Å²) in [6.45, 7) is 0. The molecule has 12 heteroatoms. The van der Waals surface area contributed by atoms with Crippen LogP contribution in [0, 0.1) is 5.41 Å². The summed E-state index contributed by atoms with van der Waals surface area (Å²) >= 11 is 21.3. The Kier molecular flexibility index (Phi) is 10.6. The number of hydrogen-bond acceptors (Lipinski definition) is 8. The predicted octanol–water partition coefficient (Wildman–Crippen LogP) is -1.35. The van der Waals surface area contributed by atoms with E-state index in [9.17, 15) is 39.6 Å². The fraction of sp³-hybridized carbons (Fsp3) is 0.692. The van der Waals surface area contributed by atoms with Crippen molar-refractivity contribution in [2.24, 2.45) is 5.41 Å². The molecule has 0 saturated carbocycles. The Hall–Kier alpha value is -0.320. The molecule has 0 spiro atoms. The van der Waals surface area contributed by atoms with Crippen LogP contribution in [0.5, 0.6) is 0 Å². The zero-order valence-corrected chi connectivity index (χ0v) is 15.6. The molecule has 0 radical (unpaired) electrons. The minimum Gasteiger partial charge on any atom is -0.384 e. The van der Waals surface area contributed by atoms with Crippen molar-refractivity contribution in [3.63, 3.8) is 0 Å². The van der Waals surface area contributed by atoms with Gasteiger partial charge in [0.05, 0.1) is 23.5 Å². The number of rotatable bonds is 12. The number of Topliss-reactive ketones (excluding diaryl/α,β-unsaturated/α-hetero) is 4. The third-order valence-corrected chi connectivity index (χ3v) is 4.69. The second-order valence-corrected chi connectivity index (χ2v) is 6.08. The molecule has 0 amide bonds. The third-order valence-electron chi connectivity index (χ3n) is 3.64. The first kappa shape index (κ1) is 24.7. The lowest BCUT2D eigenvalue weighted by atomic mass is 9.64. The smallest absolute Gasteiger partial charge is 0.176 e. The van der Waals surface area contributed by atoms with Gasteiger partial charge in [-0.3, -0.25) is 19.2 Å². The van der Waals surface area contributed by atoms with E-state index in [1.807, 2.05) is 0 Å². The quantitative estimate of drug-likeness (QED) is 0.271. The van der Waals surface area contributed by atoms with E-state index in [0.717, 1.165) is 0 Å². The summed E-state index contributed by atoms with van der Waals surface area (Å²) in [4.78, 5) is 47.4. The van der Waals surface area contributed by atoms with Gasteiger partial charge in [-0.25, -0.2) is 0 Å². The van der Waals surface area contributed by atoms with Gasteiger partial charge in [-0.05, 0) is 0 Å². The highest BCUT2D eigenvalue weighted by atomic mass is 35.5. The molecule has 4 unspecified atom stereocenters. The van der Waals surface area contributed by atoms with Crippen molar-refractivity contribution in [3.8, 4) is 0 Å². The van der Waals surface area contributed by atoms with Crippen LogP contribution in [0.1, 0.15) is 0 Å². The Morgan fingerprint density at radius 2 is 0.720 bits per heavy atom. The van der Waals surface area contributed by atoms with E-state index in [2.05, 4.69) is 0 Å². The molecule has 0 aliphatic carbocycles. The molecule has 4 N–H and O–H groups in total. The van der Waals surface area contributed by atoms with E-state index < -0.39 is 76.5 Å². The van der Waals surface area contributed by atoms with E-state index in [4.69, 9.17) is 46.4 Å². The minimum absolute atomic E-state index is 0.881. The summed E-state index contributed by atoms with van der Waals surface area (Å²) in [6, 6.07) is 0. The molecule has 0 aromatic carbocycles. The Morgan fingerprint density at radius 1 is 0.560 bits per heavy atom. The number of carbonyl (C=O) groups is 4. The fourth-order valence-corrected chi connectivity index (χ4v) is 2.89. The molecule has 0 aliphatic heterocycles. The van der Waals surface area contributed by atoms with E-state index in [0.29, 0.717) is 0 Å². The first-order chi connectivity index (χ1) is 11.6. The maximum absolute atomic E-state index is 11.9. The maximum Gasteiger partial charge on any atom is 0.176 e. The van der Waals surface area contributed by atoms with Crippen molar-refractivity contribution in [1.29, 1.82) is 0 Å². The van der Waals surface area contributed by atoms with Gasteiger partial charge in [-0.1, -0.05) is 0 Å². The highest BCUT2D eigenvalue weighted by Gasteiger charge is 2.62. The lowest BCUT2D eigenvalue weighted by Crippen LogP contribution is -2.68. The molecule has 0 heterocycles. The number of hydrogen-bond donors (Lipinski definition) is 4. The Balaban J connectivity index is 6.69. The van der Waals surface area contributed by atoms with Gasteiger partial charge in [0.15, 0.2) is 23.1 Å². The zero-order chi connectivity index (χ0) is 19.9. The van der Waals surface area contributed by atoms with E-state index >= 15 is 0 Å². The van der Waals surface area contributed by atoms with Crippen LogP contribution in [0.15, 0.2) is 0 Å². The zero-order valence-electron chi connectivity index (χ0n) is 12.6. The third kappa shape index (κ3) is 4.90. The summed E-state index contributed by atoms with van der Waals surface area (Å²) in [6.07, 6.45) is -10.3. The summed E-state index contributed by atoms with van der Waals surface area (Å²) in [7, 11) is 0. The lowest BCUT2D eigenvalue weighted by Gasteiger charge is -2.45. The van der Waals surface area contributed by atoms with E-state index in [1.165, 1.54) is 0 Å². The van der Waals surface area contributed by atoms with Gasteiger partial charge in [-0.2, -0.15) is 0 Å². The van der Waals surface area contributed by atoms with Crippen LogP contribution >= 0.6 is 46.4 Å². The first-order valence-corrected chi connectivity index (χ1v) is 8.78. The Bertz CT molecular complexity index is 433. The fourth-order valence-electron chi connectivity index (χ4n) is 2.30. The topological polar surface area (TPSA) is 149 Å². The van der Waals surface area contributed by atoms with Crippen LogP contribution in [0.3, 0.4) is 0 Å². The van der Waals surface area contributed by atoms with Gasteiger partial charge in [0, 0.05) is 0 Å². The average molecular weight is 442 g/mol. The van der Waals surface area contributed by atoms with Gasteiger partial charge in [0.1, 0.15) is 29.8 Å². The molecule has 0 bridgehead atoms. The van der Waals surface area contributed by atoms with Gasteiger partial charge in [-0.15, -0.1) is 46.4 Å². The van der Waals surface area contributed by atoms with Crippen molar-refractivity contribution >= 4 is 69.5 Å². The second kappa shape index (κ2) is 10.7. The molecular formula is C13H16Cl4O8. The first-order valence-electron chi connectivity index (χ1n) is 6.64. The van der Waals surface area contributed by atoms with Crippen LogP contribution < -0.4 is 0 Å². The SMILES string of the molecule is O=C(CCl)C(O)C(C(O)C(=O)CCl)(C(O)C(=O)CCl)C(O)C(=O)CCl. The van der Waals surface area contributed by atoms with Crippen LogP contribution in [0.2, 0.25) is 0 Å². The van der Waals surface area contributed by atoms with Gasteiger partial charge in [0.25, 0.3) is 0 Å². The molecule has 144 valence electrons. The molecule has 0 rings (SSSR count). The molecular weight excluding hydrogens is 426 g/mol. The van der Waals surface area contributed by atoms with Crippen LogP contribution in [-0.4, -0.2) is 91.5 Å². The molecule has 0 aromatic heterocycles. The molecule has 4 atom stereocenters. The summed E-state index contributed by atoms with van der Waals surface area (Å²) in [5.74, 6) is -8.67. The van der Waals surface area contributed by atoms with Gasteiger partial charge < -0.3 is 20.4 Å². The monoisotopic (exact) mass is 440 g/mol. The number of alkyl halides is 4. The predicted molar refractivity (Wildman–Crippen MR) is 89.4 cm³/mol. The molecule has 0 fully saturated rings. The molecule has 0 saturated heterocycles. The summed E-state index contributed by atoms with van der Waals surface area (Å²) in [5.41, 5.74) is -3.09. The van der Waals surface area contributed by atoms with Crippen LogP contribution in [0.4, 0.5) is 0 Å². The Morgan fingerprint density at radius 3 is 0.840 bits per heavy atom. The highest BCUT2D eigenvalue weighted by molar-refractivity contribution is 6.31. The van der Waals surface area contributed by atoms with Crippen molar-refractivity contribution in [2.75, 3.05) is 23.5 Å². The van der Waals surface area contributed by atoms with Crippen molar-refractivity contribution in [1.82, 2.24) is 0 Å². The molecule has 8 nitrogen and oxygen atoms in total. The normalized spacial score (nSPS) is 18.6. The second-order valence-electron chi connectivity index (χ2n) is 5.01. The molecule has 25 heavy (non-hydrogen) atoms. The summed E-state index contributed by atoms with van der Waals surface area (Å²) in [5, 5.41) is 41.1. The van der Waals surface area contributed by atoms with Gasteiger partial charge >= 0.3 is 0 Å². The maximum atomic E-state index is 11.9. The summed E-state index contributed by atoms with van der Waals surface area (Å²) < 4.78 is 0. The highest BCUT2D eigenvalue weighted by Crippen LogP contribution is 2.38. The van der Waals surface area contributed by atoms with Crippen molar-refractivity contribution in [3.05, 3.63) is 0 Å². The van der Waals surface area contributed by atoms with Crippen LogP contribution in [0.25, 0.3) is 0 Å². The number of aliphatic hydroxyl groups is 4. The average Bonchev–Trinajstić information content (AvgIpc) is 2.64. The standard InChI is InChI=1S/C13H16Cl4O8/c14-1-5(18)9(22)13(10(23)6(19)2-15,11(24)7(20)3-16)12(25)8(21)4-17/h9-12,22-25H,1-4H2. The van der Waals surface area contributed by atoms with Crippen molar-refractivity contribution < 1.29 is 39.6 Å². The lowest BCUT2D eigenvalue weighted by molar-refractivity contribution is -0.197. The number of halogens is 4. The van der Waals surface area contributed by atoms with E-state index in [-0.39, 0.29) is 0 Å². The largest absolute Gasteiger partial charge is 0.384 e. The van der Waals surface area contributed by atoms with Gasteiger partial charge in [0.2, 0.25) is 0 Å². The van der Waals surface area contributed by atoms with E-state index in [1.54, 1.807) is 0 Å².